The van der Waals surface area contributed by atoms with Gasteiger partial charge < -0.3 is 10.1 Å². The smallest absolute Gasteiger partial charge is 0.270 e. The normalized spacial score (nSPS) is 16.1. The molecule has 0 saturated carbocycles. The molecule has 3 heterocycles. The van der Waals surface area contributed by atoms with E-state index in [-0.39, 0.29) is 35.5 Å². The number of aromatic nitrogens is 2. The summed E-state index contributed by atoms with van der Waals surface area (Å²) in [5.41, 5.74) is 1.76. The first-order chi connectivity index (χ1) is 15.6. The Bertz CT molecular complexity index is 1290. The molecule has 1 aromatic carbocycles. The van der Waals surface area contributed by atoms with E-state index in [1.807, 2.05) is 6.92 Å². The number of amides is 1. The highest BCUT2D eigenvalue weighted by molar-refractivity contribution is 7.91. The van der Waals surface area contributed by atoms with Crippen LogP contribution in [0.15, 0.2) is 30.5 Å². The van der Waals surface area contributed by atoms with Gasteiger partial charge in [0.05, 0.1) is 22.8 Å². The van der Waals surface area contributed by atoms with E-state index in [9.17, 15) is 22.0 Å². The summed E-state index contributed by atoms with van der Waals surface area (Å²) in [5, 5.41) is 2.89. The first-order valence-corrected chi connectivity index (χ1v) is 12.5. The van der Waals surface area contributed by atoms with Crippen molar-refractivity contribution in [3.8, 4) is 5.75 Å². The van der Waals surface area contributed by atoms with Gasteiger partial charge >= 0.3 is 0 Å². The van der Waals surface area contributed by atoms with Crippen molar-refractivity contribution < 1.29 is 26.7 Å². The molecule has 1 aliphatic rings. The van der Waals surface area contributed by atoms with Gasteiger partial charge in [0.2, 0.25) is 0 Å². The summed E-state index contributed by atoms with van der Waals surface area (Å²) in [4.78, 5) is 17.4. The van der Waals surface area contributed by atoms with Gasteiger partial charge in [-0.3, -0.25) is 9.20 Å². The monoisotopic (exact) mass is 477 g/mol. The van der Waals surface area contributed by atoms with E-state index in [4.69, 9.17) is 4.74 Å². The van der Waals surface area contributed by atoms with E-state index in [1.54, 1.807) is 23.6 Å². The molecule has 0 unspecified atom stereocenters. The molecule has 10 heteroatoms. The number of benzene rings is 1. The third-order valence-corrected chi connectivity index (χ3v) is 7.59. The third-order valence-electron chi connectivity index (χ3n) is 5.87. The molecule has 0 spiro atoms. The maximum atomic E-state index is 14.0. The number of imidazole rings is 1. The molecule has 1 N–H and O–H groups in total. The second-order valence-electron chi connectivity index (χ2n) is 8.42. The number of hydrogen-bond acceptors (Lipinski definition) is 5. The lowest BCUT2D eigenvalue weighted by Gasteiger charge is -2.22. The lowest BCUT2D eigenvalue weighted by Crippen LogP contribution is -2.34. The Hall–Kier alpha value is -3.01. The number of ether oxygens (including phenoxy) is 1. The summed E-state index contributed by atoms with van der Waals surface area (Å²) >= 11 is 0. The predicted molar refractivity (Wildman–Crippen MR) is 119 cm³/mol. The van der Waals surface area contributed by atoms with Gasteiger partial charge in [-0.15, -0.1) is 0 Å². The van der Waals surface area contributed by atoms with Gasteiger partial charge in [0.25, 0.3) is 5.91 Å². The van der Waals surface area contributed by atoms with E-state index < -0.39 is 21.5 Å². The van der Waals surface area contributed by atoms with Crippen molar-refractivity contribution in [3.63, 3.8) is 0 Å². The summed E-state index contributed by atoms with van der Waals surface area (Å²) < 4.78 is 58.5. The molecule has 1 fully saturated rings. The summed E-state index contributed by atoms with van der Waals surface area (Å²) in [5.74, 6) is -1.03. The minimum Gasteiger partial charge on any atom is -0.485 e. The summed E-state index contributed by atoms with van der Waals surface area (Å²) in [6.45, 7) is 3.57. The number of aryl methyl sites for hydroxylation is 2. The van der Waals surface area contributed by atoms with Crippen LogP contribution in [0.4, 0.5) is 8.78 Å². The number of carbonyl (C=O) groups excluding carboxylic acids is 1. The highest BCUT2D eigenvalue weighted by atomic mass is 32.2. The Balaban J connectivity index is 1.54. The summed E-state index contributed by atoms with van der Waals surface area (Å²) in [6.07, 6.45) is 2.80. The number of nitrogens with one attached hydrogen (secondary N) is 1. The molecule has 176 valence electrons. The van der Waals surface area contributed by atoms with Crippen LogP contribution in [0.5, 0.6) is 5.75 Å². The van der Waals surface area contributed by atoms with Crippen LogP contribution in [0.25, 0.3) is 5.65 Å². The molecule has 2 aromatic heterocycles. The first-order valence-electron chi connectivity index (χ1n) is 10.7. The molecule has 3 aromatic rings. The standard InChI is InChI=1S/C23H25F2N3O4S/c1-14-10-20(32-13-17-18(24)4-3-5-19(17)25)22-27-15(2)21(28(22)12-14)23(29)26-11-16-6-8-33(30,31)9-7-16/h3-5,10,12,16H,6-9,11,13H2,1-2H3,(H,26,29). The van der Waals surface area contributed by atoms with Crippen molar-refractivity contribution in [1.29, 1.82) is 0 Å². The van der Waals surface area contributed by atoms with Crippen LogP contribution in [-0.2, 0) is 16.4 Å². The molecular formula is C23H25F2N3O4S. The molecule has 0 aliphatic carbocycles. The van der Waals surface area contributed by atoms with E-state index in [0.29, 0.717) is 42.2 Å². The fraction of sp³-hybridized carbons (Fsp3) is 0.391. The molecule has 0 atom stereocenters. The molecule has 1 aliphatic heterocycles. The fourth-order valence-corrected chi connectivity index (χ4v) is 5.61. The minimum atomic E-state index is -2.96. The Morgan fingerprint density at radius 3 is 2.55 bits per heavy atom. The zero-order valence-corrected chi connectivity index (χ0v) is 19.2. The molecular weight excluding hydrogens is 452 g/mol. The second kappa shape index (κ2) is 9.09. The van der Waals surface area contributed by atoms with Crippen molar-refractivity contribution >= 4 is 21.4 Å². The topological polar surface area (TPSA) is 89.8 Å². The van der Waals surface area contributed by atoms with Crippen molar-refractivity contribution in [2.75, 3.05) is 18.1 Å². The van der Waals surface area contributed by atoms with E-state index in [0.717, 1.165) is 17.7 Å². The average Bonchev–Trinajstić information content (AvgIpc) is 3.08. The highest BCUT2D eigenvalue weighted by Gasteiger charge is 2.25. The van der Waals surface area contributed by atoms with Gasteiger partial charge in [-0.1, -0.05) is 6.07 Å². The van der Waals surface area contributed by atoms with Crippen molar-refractivity contribution in [2.24, 2.45) is 5.92 Å². The zero-order chi connectivity index (χ0) is 23.8. The van der Waals surface area contributed by atoms with Crippen molar-refractivity contribution in [2.45, 2.75) is 33.3 Å². The SMILES string of the molecule is Cc1cc(OCc2c(F)cccc2F)c2nc(C)c(C(=O)NCC3CCS(=O)(=O)CC3)n2c1. The number of pyridine rings is 1. The van der Waals surface area contributed by atoms with E-state index in [2.05, 4.69) is 10.3 Å². The van der Waals surface area contributed by atoms with Crippen molar-refractivity contribution in [1.82, 2.24) is 14.7 Å². The van der Waals surface area contributed by atoms with Crippen LogP contribution >= 0.6 is 0 Å². The number of hydrogen-bond donors (Lipinski definition) is 1. The zero-order valence-electron chi connectivity index (χ0n) is 18.4. The van der Waals surface area contributed by atoms with Crippen LogP contribution in [0, 0.1) is 31.4 Å². The Kier molecular flexibility index (Phi) is 6.38. The number of nitrogens with zero attached hydrogens (tertiary/aromatic N) is 2. The van der Waals surface area contributed by atoms with E-state index >= 15 is 0 Å². The Labute approximate surface area is 190 Å². The van der Waals surface area contributed by atoms with Crippen LogP contribution in [0.2, 0.25) is 0 Å². The fourth-order valence-electron chi connectivity index (χ4n) is 4.02. The van der Waals surface area contributed by atoms with Gasteiger partial charge in [0.15, 0.2) is 11.4 Å². The lowest BCUT2D eigenvalue weighted by molar-refractivity contribution is 0.0939. The van der Waals surface area contributed by atoms with Crippen LogP contribution in [-0.4, -0.2) is 41.8 Å². The molecule has 1 saturated heterocycles. The molecule has 33 heavy (non-hydrogen) atoms. The molecule has 0 bridgehead atoms. The number of halogens is 2. The van der Waals surface area contributed by atoms with Crippen LogP contribution < -0.4 is 10.1 Å². The Morgan fingerprint density at radius 1 is 1.21 bits per heavy atom. The molecule has 4 rings (SSSR count). The number of sulfone groups is 1. The molecule has 0 radical (unpaired) electrons. The second-order valence-corrected chi connectivity index (χ2v) is 10.7. The highest BCUT2D eigenvalue weighted by Crippen LogP contribution is 2.26. The summed E-state index contributed by atoms with van der Waals surface area (Å²) in [7, 11) is -2.96. The third kappa shape index (κ3) is 5.00. The first kappa shape index (κ1) is 23.2. The van der Waals surface area contributed by atoms with Gasteiger partial charge in [0.1, 0.15) is 33.8 Å². The maximum absolute atomic E-state index is 14.0. The van der Waals surface area contributed by atoms with Gasteiger partial charge in [-0.05, 0) is 56.4 Å². The Morgan fingerprint density at radius 2 is 1.88 bits per heavy atom. The van der Waals surface area contributed by atoms with E-state index in [1.165, 1.54) is 6.07 Å². The minimum absolute atomic E-state index is 0.105. The number of rotatable bonds is 6. The van der Waals surface area contributed by atoms with Gasteiger partial charge in [-0.2, -0.15) is 0 Å². The number of fused-ring (bicyclic) bond motifs is 1. The van der Waals surface area contributed by atoms with Gasteiger partial charge in [-0.25, -0.2) is 22.2 Å². The molecule has 7 nitrogen and oxygen atoms in total. The predicted octanol–water partition coefficient (Wildman–Crippen LogP) is 3.36. The van der Waals surface area contributed by atoms with Crippen LogP contribution in [0.1, 0.15) is 40.2 Å². The quantitative estimate of drug-likeness (QED) is 0.588. The molecule has 1 amide bonds. The lowest BCUT2D eigenvalue weighted by atomic mass is 10.0. The largest absolute Gasteiger partial charge is 0.485 e. The van der Waals surface area contributed by atoms with Gasteiger partial charge in [0, 0.05) is 12.7 Å². The van der Waals surface area contributed by atoms with Crippen LogP contribution in [0.3, 0.4) is 0 Å². The number of carbonyl (C=O) groups is 1. The van der Waals surface area contributed by atoms with Crippen molar-refractivity contribution in [3.05, 3.63) is 64.6 Å². The maximum Gasteiger partial charge on any atom is 0.270 e. The average molecular weight is 478 g/mol. The summed E-state index contributed by atoms with van der Waals surface area (Å²) in [6, 6.07) is 5.31.